The first-order chi connectivity index (χ1) is 11.5. The number of benzene rings is 2. The number of aliphatic hydroxyl groups excluding tert-OH is 1. The van der Waals surface area contributed by atoms with Gasteiger partial charge in [-0.3, -0.25) is 0 Å². The van der Waals surface area contributed by atoms with Crippen LogP contribution in [0.15, 0.2) is 36.4 Å². The molecular formula is C18H20Cl2FNO2. The fourth-order valence-corrected chi connectivity index (χ4v) is 2.63. The van der Waals surface area contributed by atoms with Crippen molar-refractivity contribution in [3.8, 4) is 5.75 Å². The van der Waals surface area contributed by atoms with Crippen LogP contribution >= 0.6 is 23.2 Å². The average molecular weight is 372 g/mol. The van der Waals surface area contributed by atoms with Crippen LogP contribution in [0.3, 0.4) is 0 Å². The van der Waals surface area contributed by atoms with Crippen molar-refractivity contribution < 1.29 is 14.2 Å². The number of hydrogen-bond donors (Lipinski definition) is 2. The smallest absolute Gasteiger partial charge is 0.124 e. The molecule has 24 heavy (non-hydrogen) atoms. The predicted octanol–water partition coefficient (Wildman–Crippen LogP) is 4.57. The summed E-state index contributed by atoms with van der Waals surface area (Å²) in [6, 6.07) is 9.58. The van der Waals surface area contributed by atoms with Gasteiger partial charge in [-0.05, 0) is 36.8 Å². The minimum Gasteiger partial charge on any atom is -0.489 e. The third kappa shape index (κ3) is 5.35. The second-order valence-electron chi connectivity index (χ2n) is 5.45. The molecular weight excluding hydrogens is 352 g/mol. The van der Waals surface area contributed by atoms with Crippen molar-refractivity contribution in [2.24, 2.45) is 0 Å². The van der Waals surface area contributed by atoms with Gasteiger partial charge in [0.25, 0.3) is 0 Å². The Morgan fingerprint density at radius 2 is 1.96 bits per heavy atom. The molecule has 0 aliphatic rings. The van der Waals surface area contributed by atoms with Crippen molar-refractivity contribution >= 4 is 23.2 Å². The van der Waals surface area contributed by atoms with Gasteiger partial charge in [-0.25, -0.2) is 4.39 Å². The summed E-state index contributed by atoms with van der Waals surface area (Å²) in [4.78, 5) is 0. The molecule has 2 aromatic carbocycles. The average Bonchev–Trinajstić information content (AvgIpc) is 2.56. The minimum absolute atomic E-state index is 0.0170. The maximum absolute atomic E-state index is 13.1. The topological polar surface area (TPSA) is 41.5 Å². The molecule has 0 aliphatic heterocycles. The zero-order valence-electron chi connectivity index (χ0n) is 13.4. The SMILES string of the molecule is CC[C@H](CO)NCc1cc(Cl)ccc1OCc1ccc(F)cc1Cl. The summed E-state index contributed by atoms with van der Waals surface area (Å²) in [7, 11) is 0. The summed E-state index contributed by atoms with van der Waals surface area (Å²) in [6.45, 7) is 2.81. The third-order valence-corrected chi connectivity index (χ3v) is 4.30. The third-order valence-electron chi connectivity index (χ3n) is 3.72. The standard InChI is InChI=1S/C18H20Cl2FNO2/c1-2-16(10-23)22-9-13-7-14(19)4-6-18(13)24-11-12-3-5-15(21)8-17(12)20/h3-8,16,22-23H,2,9-11H2,1H3/t16-/m1/s1. The first kappa shape index (κ1) is 19.0. The van der Waals surface area contributed by atoms with E-state index in [1.807, 2.05) is 13.0 Å². The van der Waals surface area contributed by atoms with E-state index in [-0.39, 0.29) is 25.1 Å². The van der Waals surface area contributed by atoms with Gasteiger partial charge in [0.15, 0.2) is 0 Å². The molecule has 6 heteroatoms. The normalized spacial score (nSPS) is 12.2. The van der Waals surface area contributed by atoms with Crippen LogP contribution in [0, 0.1) is 5.82 Å². The summed E-state index contributed by atoms with van der Waals surface area (Å²) >= 11 is 12.1. The van der Waals surface area contributed by atoms with Gasteiger partial charge in [-0.2, -0.15) is 0 Å². The Bertz CT molecular complexity index is 678. The molecule has 3 nitrogen and oxygen atoms in total. The first-order valence-corrected chi connectivity index (χ1v) is 8.48. The van der Waals surface area contributed by atoms with E-state index in [9.17, 15) is 9.50 Å². The highest BCUT2D eigenvalue weighted by molar-refractivity contribution is 6.31. The van der Waals surface area contributed by atoms with Crippen LogP contribution in [0.5, 0.6) is 5.75 Å². The van der Waals surface area contributed by atoms with Crippen LogP contribution in [0.1, 0.15) is 24.5 Å². The minimum atomic E-state index is -0.380. The maximum atomic E-state index is 13.1. The molecule has 1 atom stereocenters. The lowest BCUT2D eigenvalue weighted by atomic mass is 10.1. The molecule has 0 amide bonds. The Kier molecular flexibility index (Phi) is 7.31. The molecule has 0 spiro atoms. The molecule has 2 aromatic rings. The Labute approximate surface area is 151 Å². The van der Waals surface area contributed by atoms with Crippen molar-refractivity contribution in [1.82, 2.24) is 5.32 Å². The molecule has 0 fully saturated rings. The van der Waals surface area contributed by atoms with Crippen LogP contribution in [0.25, 0.3) is 0 Å². The summed E-state index contributed by atoms with van der Waals surface area (Å²) in [5.74, 6) is 0.287. The lowest BCUT2D eigenvalue weighted by Gasteiger charge is -2.17. The second kappa shape index (κ2) is 9.23. The van der Waals surface area contributed by atoms with Crippen molar-refractivity contribution in [2.75, 3.05) is 6.61 Å². The molecule has 0 unspecified atom stereocenters. The quantitative estimate of drug-likeness (QED) is 0.713. The van der Waals surface area contributed by atoms with Gasteiger partial charge in [0.2, 0.25) is 0 Å². The van der Waals surface area contributed by atoms with Crippen LogP contribution in [0.2, 0.25) is 10.0 Å². The van der Waals surface area contributed by atoms with Crippen LogP contribution in [-0.4, -0.2) is 17.8 Å². The first-order valence-electron chi connectivity index (χ1n) is 7.72. The molecule has 0 radical (unpaired) electrons. The van der Waals surface area contributed by atoms with E-state index < -0.39 is 0 Å². The summed E-state index contributed by atoms with van der Waals surface area (Å²) in [5.41, 5.74) is 1.58. The van der Waals surface area contributed by atoms with Crippen LogP contribution in [-0.2, 0) is 13.2 Å². The maximum Gasteiger partial charge on any atom is 0.124 e. The van der Waals surface area contributed by atoms with Crippen molar-refractivity contribution in [1.29, 1.82) is 0 Å². The molecule has 130 valence electrons. The molecule has 0 saturated heterocycles. The van der Waals surface area contributed by atoms with E-state index in [1.165, 1.54) is 12.1 Å². The lowest BCUT2D eigenvalue weighted by molar-refractivity contribution is 0.237. The number of aliphatic hydroxyl groups is 1. The largest absolute Gasteiger partial charge is 0.489 e. The van der Waals surface area contributed by atoms with E-state index in [0.717, 1.165) is 12.0 Å². The van der Waals surface area contributed by atoms with Gasteiger partial charge in [0, 0.05) is 28.7 Å². The van der Waals surface area contributed by atoms with Gasteiger partial charge in [-0.15, -0.1) is 0 Å². The molecule has 0 bridgehead atoms. The Balaban J connectivity index is 2.08. The molecule has 0 aromatic heterocycles. The molecule has 0 heterocycles. The summed E-state index contributed by atoms with van der Waals surface area (Å²) < 4.78 is 18.9. The van der Waals surface area contributed by atoms with Gasteiger partial charge >= 0.3 is 0 Å². The Hall–Kier alpha value is -1.33. The molecule has 2 N–H and O–H groups in total. The van der Waals surface area contributed by atoms with Crippen molar-refractivity contribution in [2.45, 2.75) is 32.5 Å². The number of nitrogens with one attached hydrogen (secondary N) is 1. The van der Waals surface area contributed by atoms with Crippen LogP contribution < -0.4 is 10.1 Å². The van der Waals surface area contributed by atoms with Crippen molar-refractivity contribution in [3.63, 3.8) is 0 Å². The van der Waals surface area contributed by atoms with E-state index >= 15 is 0 Å². The highest BCUT2D eigenvalue weighted by atomic mass is 35.5. The van der Waals surface area contributed by atoms with Gasteiger partial charge in [0.1, 0.15) is 18.2 Å². The number of hydrogen-bond acceptors (Lipinski definition) is 3. The molecule has 0 saturated carbocycles. The highest BCUT2D eigenvalue weighted by Gasteiger charge is 2.10. The highest BCUT2D eigenvalue weighted by Crippen LogP contribution is 2.25. The zero-order valence-corrected chi connectivity index (χ0v) is 14.9. The molecule has 0 aliphatic carbocycles. The predicted molar refractivity (Wildman–Crippen MR) is 95.2 cm³/mol. The Morgan fingerprint density at radius 1 is 1.17 bits per heavy atom. The van der Waals surface area contributed by atoms with Crippen molar-refractivity contribution in [3.05, 3.63) is 63.4 Å². The second-order valence-corrected chi connectivity index (χ2v) is 6.29. The number of halogens is 3. The summed E-state index contributed by atoms with van der Waals surface area (Å²) in [5, 5.41) is 13.5. The lowest BCUT2D eigenvalue weighted by Crippen LogP contribution is -2.31. The van der Waals surface area contributed by atoms with E-state index in [1.54, 1.807) is 18.2 Å². The van der Waals surface area contributed by atoms with Gasteiger partial charge < -0.3 is 15.2 Å². The van der Waals surface area contributed by atoms with Gasteiger partial charge in [0.05, 0.1) is 11.6 Å². The monoisotopic (exact) mass is 371 g/mol. The van der Waals surface area contributed by atoms with Crippen LogP contribution in [0.4, 0.5) is 4.39 Å². The summed E-state index contributed by atoms with van der Waals surface area (Å²) in [6.07, 6.45) is 0.818. The number of rotatable bonds is 8. The molecule has 2 rings (SSSR count). The van der Waals surface area contributed by atoms with E-state index in [2.05, 4.69) is 5.32 Å². The van der Waals surface area contributed by atoms with E-state index in [4.69, 9.17) is 27.9 Å². The fourth-order valence-electron chi connectivity index (χ4n) is 2.21. The van der Waals surface area contributed by atoms with Gasteiger partial charge in [-0.1, -0.05) is 36.2 Å². The number of ether oxygens (including phenoxy) is 1. The van der Waals surface area contributed by atoms with E-state index in [0.29, 0.717) is 27.9 Å². The zero-order chi connectivity index (χ0) is 17.5. The fraction of sp³-hybridized carbons (Fsp3) is 0.333. The Morgan fingerprint density at radius 3 is 2.62 bits per heavy atom.